The van der Waals surface area contributed by atoms with Gasteiger partial charge in [-0.2, -0.15) is 0 Å². The van der Waals surface area contributed by atoms with Crippen molar-refractivity contribution in [2.24, 2.45) is 5.73 Å². The van der Waals surface area contributed by atoms with Crippen molar-refractivity contribution < 1.29 is 14.6 Å². The number of ether oxygens (including phenoxy) is 1. The Morgan fingerprint density at radius 2 is 2.38 bits per heavy atom. The molecule has 2 atom stereocenters. The maximum Gasteiger partial charge on any atom is 0.219 e. The van der Waals surface area contributed by atoms with E-state index in [4.69, 9.17) is 10.5 Å². The van der Waals surface area contributed by atoms with E-state index < -0.39 is 6.10 Å². The van der Waals surface area contributed by atoms with Gasteiger partial charge in [-0.25, -0.2) is 0 Å². The van der Waals surface area contributed by atoms with Crippen LogP contribution in [-0.2, 0) is 4.79 Å². The molecule has 0 spiro atoms. The molecular weight excluding hydrogens is 268 g/mol. The zero-order valence-electron chi connectivity index (χ0n) is 12.5. The molecule has 3 N–H and O–H groups in total. The minimum absolute atomic E-state index is 0.105. The number of hydrogen-bond acceptors (Lipinski definition) is 4. The van der Waals surface area contributed by atoms with Gasteiger partial charge in [0.25, 0.3) is 0 Å². The average Bonchev–Trinajstić information content (AvgIpc) is 2.94. The van der Waals surface area contributed by atoms with Crippen molar-refractivity contribution in [1.29, 1.82) is 0 Å². The lowest BCUT2D eigenvalue weighted by molar-refractivity contribution is -0.130. The molecule has 5 nitrogen and oxygen atoms in total. The maximum atomic E-state index is 11.5. The van der Waals surface area contributed by atoms with Gasteiger partial charge in [0.15, 0.2) is 0 Å². The SMILES string of the molecule is CC(=O)N1CCC[C@H]1COc1cccc([C@H](O)CCN)c1. The van der Waals surface area contributed by atoms with Crippen LogP contribution in [0.25, 0.3) is 0 Å². The van der Waals surface area contributed by atoms with Gasteiger partial charge in [0, 0.05) is 13.5 Å². The fourth-order valence-electron chi connectivity index (χ4n) is 2.75. The number of aliphatic hydroxyl groups excluding tert-OH is 1. The number of hydrogen-bond donors (Lipinski definition) is 2. The molecule has 0 bridgehead atoms. The van der Waals surface area contributed by atoms with Crippen molar-refractivity contribution in [3.05, 3.63) is 29.8 Å². The molecule has 0 unspecified atom stereocenters. The molecule has 1 heterocycles. The van der Waals surface area contributed by atoms with Gasteiger partial charge in [-0.3, -0.25) is 4.79 Å². The highest BCUT2D eigenvalue weighted by atomic mass is 16.5. The Kier molecular flexibility index (Phi) is 5.59. The Labute approximate surface area is 125 Å². The number of carbonyl (C=O) groups excluding carboxylic acids is 1. The Hall–Kier alpha value is -1.59. The number of carbonyl (C=O) groups is 1. The van der Waals surface area contributed by atoms with Crippen molar-refractivity contribution in [1.82, 2.24) is 4.90 Å². The maximum absolute atomic E-state index is 11.5. The van der Waals surface area contributed by atoms with Crippen LogP contribution in [0.2, 0.25) is 0 Å². The number of likely N-dealkylation sites (tertiary alicyclic amines) is 1. The van der Waals surface area contributed by atoms with Crippen molar-refractivity contribution in [2.75, 3.05) is 19.7 Å². The van der Waals surface area contributed by atoms with Crippen LogP contribution in [-0.4, -0.2) is 41.7 Å². The summed E-state index contributed by atoms with van der Waals surface area (Å²) in [5, 5.41) is 9.95. The minimum atomic E-state index is -0.557. The molecule has 1 aromatic rings. The summed E-state index contributed by atoms with van der Waals surface area (Å²) in [5.74, 6) is 0.826. The fourth-order valence-corrected chi connectivity index (χ4v) is 2.75. The smallest absolute Gasteiger partial charge is 0.219 e. The van der Waals surface area contributed by atoms with Crippen LogP contribution in [0, 0.1) is 0 Å². The Balaban J connectivity index is 1.94. The molecule has 0 aliphatic carbocycles. The predicted octanol–water partition coefficient (Wildman–Crippen LogP) is 1.46. The zero-order valence-corrected chi connectivity index (χ0v) is 12.5. The van der Waals surface area contributed by atoms with Crippen LogP contribution in [0.4, 0.5) is 0 Å². The number of aliphatic hydroxyl groups is 1. The third-order valence-corrected chi connectivity index (χ3v) is 3.91. The summed E-state index contributed by atoms with van der Waals surface area (Å²) in [7, 11) is 0. The second-order valence-electron chi connectivity index (χ2n) is 5.49. The van der Waals surface area contributed by atoms with Crippen molar-refractivity contribution >= 4 is 5.91 Å². The minimum Gasteiger partial charge on any atom is -0.491 e. The van der Waals surface area contributed by atoms with E-state index in [1.54, 1.807) is 6.92 Å². The topological polar surface area (TPSA) is 75.8 Å². The van der Waals surface area contributed by atoms with E-state index in [9.17, 15) is 9.90 Å². The van der Waals surface area contributed by atoms with Crippen LogP contribution < -0.4 is 10.5 Å². The second kappa shape index (κ2) is 7.43. The summed E-state index contributed by atoms with van der Waals surface area (Å²) >= 11 is 0. The number of benzene rings is 1. The normalized spacial score (nSPS) is 19.6. The highest BCUT2D eigenvalue weighted by molar-refractivity contribution is 5.73. The van der Waals surface area contributed by atoms with Crippen LogP contribution in [0.15, 0.2) is 24.3 Å². The number of amides is 1. The van der Waals surface area contributed by atoms with Crippen LogP contribution in [0.1, 0.15) is 37.9 Å². The van der Waals surface area contributed by atoms with E-state index in [0.29, 0.717) is 19.6 Å². The van der Waals surface area contributed by atoms with E-state index in [2.05, 4.69) is 0 Å². The molecule has 5 heteroatoms. The Morgan fingerprint density at radius 3 is 3.10 bits per heavy atom. The molecule has 1 aliphatic rings. The molecule has 0 saturated carbocycles. The van der Waals surface area contributed by atoms with E-state index in [1.165, 1.54) is 0 Å². The van der Waals surface area contributed by atoms with E-state index in [0.717, 1.165) is 30.7 Å². The first-order chi connectivity index (χ1) is 10.1. The monoisotopic (exact) mass is 292 g/mol. The Bertz CT molecular complexity index is 478. The van der Waals surface area contributed by atoms with Gasteiger partial charge in [-0.05, 0) is 43.5 Å². The quantitative estimate of drug-likeness (QED) is 0.832. The first-order valence-electron chi connectivity index (χ1n) is 7.50. The summed E-state index contributed by atoms with van der Waals surface area (Å²) < 4.78 is 5.80. The molecule has 116 valence electrons. The predicted molar refractivity (Wildman–Crippen MR) is 81.0 cm³/mol. The van der Waals surface area contributed by atoms with Gasteiger partial charge in [0.05, 0.1) is 12.1 Å². The Morgan fingerprint density at radius 1 is 1.57 bits per heavy atom. The second-order valence-corrected chi connectivity index (χ2v) is 5.49. The van der Waals surface area contributed by atoms with E-state index >= 15 is 0 Å². The molecule has 1 amide bonds. The molecule has 0 radical (unpaired) electrons. The van der Waals surface area contributed by atoms with Gasteiger partial charge < -0.3 is 20.5 Å². The van der Waals surface area contributed by atoms with Crippen molar-refractivity contribution in [2.45, 2.75) is 38.3 Å². The van der Waals surface area contributed by atoms with Crippen LogP contribution >= 0.6 is 0 Å². The summed E-state index contributed by atoms with van der Waals surface area (Å²) in [6.07, 6.45) is 1.99. The highest BCUT2D eigenvalue weighted by Crippen LogP contribution is 2.23. The van der Waals surface area contributed by atoms with Gasteiger partial charge >= 0.3 is 0 Å². The largest absolute Gasteiger partial charge is 0.491 e. The van der Waals surface area contributed by atoms with E-state index in [-0.39, 0.29) is 11.9 Å². The summed E-state index contributed by atoms with van der Waals surface area (Å²) in [6.45, 7) is 3.36. The van der Waals surface area contributed by atoms with Gasteiger partial charge in [0.1, 0.15) is 12.4 Å². The third kappa shape index (κ3) is 4.19. The molecule has 21 heavy (non-hydrogen) atoms. The number of rotatable bonds is 6. The first-order valence-corrected chi connectivity index (χ1v) is 7.50. The molecule has 1 aliphatic heterocycles. The summed E-state index contributed by atoms with van der Waals surface area (Å²) in [5.41, 5.74) is 6.27. The molecule has 1 fully saturated rings. The lowest BCUT2D eigenvalue weighted by Crippen LogP contribution is -2.37. The number of nitrogens with zero attached hydrogens (tertiary/aromatic N) is 1. The van der Waals surface area contributed by atoms with Crippen molar-refractivity contribution in [3.8, 4) is 5.75 Å². The van der Waals surface area contributed by atoms with Gasteiger partial charge in [-0.1, -0.05) is 12.1 Å². The lowest BCUT2D eigenvalue weighted by Gasteiger charge is -2.23. The summed E-state index contributed by atoms with van der Waals surface area (Å²) in [6, 6.07) is 7.59. The molecular formula is C16H24N2O3. The van der Waals surface area contributed by atoms with Crippen LogP contribution in [0.3, 0.4) is 0 Å². The molecule has 0 aromatic heterocycles. The standard InChI is InChI=1S/C16H24N2O3/c1-12(19)18-9-3-5-14(18)11-21-15-6-2-4-13(10-15)16(20)7-8-17/h2,4,6,10,14,16,20H,3,5,7-9,11,17H2,1H3/t14-,16+/m0/s1. The van der Waals surface area contributed by atoms with Crippen molar-refractivity contribution in [3.63, 3.8) is 0 Å². The lowest BCUT2D eigenvalue weighted by atomic mass is 10.1. The molecule has 1 saturated heterocycles. The van der Waals surface area contributed by atoms with Gasteiger partial charge in [-0.15, -0.1) is 0 Å². The molecule has 1 aromatic carbocycles. The van der Waals surface area contributed by atoms with Gasteiger partial charge in [0.2, 0.25) is 5.91 Å². The first kappa shape index (κ1) is 15.8. The van der Waals surface area contributed by atoms with E-state index in [1.807, 2.05) is 29.2 Å². The number of nitrogens with two attached hydrogens (primary N) is 1. The highest BCUT2D eigenvalue weighted by Gasteiger charge is 2.26. The summed E-state index contributed by atoms with van der Waals surface area (Å²) in [4.78, 5) is 13.4. The third-order valence-electron chi connectivity index (χ3n) is 3.91. The fraction of sp³-hybridized carbons (Fsp3) is 0.562. The zero-order chi connectivity index (χ0) is 15.2. The molecule has 2 rings (SSSR count). The average molecular weight is 292 g/mol. The van der Waals surface area contributed by atoms with Crippen LogP contribution in [0.5, 0.6) is 5.75 Å².